The van der Waals surface area contributed by atoms with Gasteiger partial charge in [-0.1, -0.05) is 0 Å². The Bertz CT molecular complexity index is 637. The molecule has 1 unspecified atom stereocenters. The highest BCUT2D eigenvalue weighted by molar-refractivity contribution is 5.93. The van der Waals surface area contributed by atoms with Gasteiger partial charge in [-0.2, -0.15) is 0 Å². The van der Waals surface area contributed by atoms with Crippen LogP contribution in [0.2, 0.25) is 0 Å². The first-order valence-electron chi connectivity index (χ1n) is 6.39. The van der Waals surface area contributed by atoms with Crippen LogP contribution in [0.4, 0.5) is 0 Å². The van der Waals surface area contributed by atoms with E-state index in [1.807, 2.05) is 18.4 Å². The highest BCUT2D eigenvalue weighted by Gasteiger charge is 2.30. The molecular formula is C14H17N3O. The standard InChI is InChI=1S/C14H17N3O/c1-8-6-11(16-10(8)3)12-4-5-13-15-9(2)7-14(18)17(12)13/h7,12H,4-6H2,1-3H3. The van der Waals surface area contributed by atoms with Crippen molar-refractivity contribution < 1.29 is 0 Å². The van der Waals surface area contributed by atoms with Crippen molar-refractivity contribution in [1.82, 2.24) is 9.55 Å². The van der Waals surface area contributed by atoms with Gasteiger partial charge >= 0.3 is 0 Å². The average molecular weight is 243 g/mol. The summed E-state index contributed by atoms with van der Waals surface area (Å²) in [6.07, 6.45) is 2.72. The largest absolute Gasteiger partial charge is 0.288 e. The van der Waals surface area contributed by atoms with Crippen molar-refractivity contribution in [3.8, 4) is 0 Å². The van der Waals surface area contributed by atoms with Crippen LogP contribution in [0.15, 0.2) is 27.1 Å². The maximum Gasteiger partial charge on any atom is 0.254 e. The van der Waals surface area contributed by atoms with E-state index in [1.165, 1.54) is 5.57 Å². The molecule has 0 saturated heterocycles. The molecular weight excluding hydrogens is 226 g/mol. The molecule has 94 valence electrons. The second-order valence-electron chi connectivity index (χ2n) is 5.22. The topological polar surface area (TPSA) is 47.2 Å². The molecule has 1 atom stereocenters. The van der Waals surface area contributed by atoms with E-state index in [9.17, 15) is 4.79 Å². The number of allylic oxidation sites excluding steroid dienone is 2. The molecule has 3 heterocycles. The van der Waals surface area contributed by atoms with Crippen LogP contribution in [-0.2, 0) is 6.42 Å². The van der Waals surface area contributed by atoms with Crippen LogP contribution in [0.25, 0.3) is 0 Å². The third-order valence-corrected chi connectivity index (χ3v) is 3.87. The van der Waals surface area contributed by atoms with E-state index in [2.05, 4.69) is 16.9 Å². The number of fused-ring (bicyclic) bond motifs is 1. The number of hydrogen-bond donors (Lipinski definition) is 0. The summed E-state index contributed by atoms with van der Waals surface area (Å²) in [5, 5.41) is 0. The first-order valence-corrected chi connectivity index (χ1v) is 6.39. The predicted molar refractivity (Wildman–Crippen MR) is 71.0 cm³/mol. The normalized spacial score (nSPS) is 22.4. The molecule has 0 spiro atoms. The summed E-state index contributed by atoms with van der Waals surface area (Å²) in [5.74, 6) is 0.912. The Hall–Kier alpha value is -1.71. The molecule has 2 aliphatic rings. The van der Waals surface area contributed by atoms with Crippen molar-refractivity contribution in [2.24, 2.45) is 4.99 Å². The molecule has 0 radical (unpaired) electrons. The number of rotatable bonds is 1. The Morgan fingerprint density at radius 2 is 2.11 bits per heavy atom. The Labute approximate surface area is 106 Å². The number of hydrogen-bond acceptors (Lipinski definition) is 3. The van der Waals surface area contributed by atoms with Gasteiger partial charge in [0.25, 0.3) is 5.56 Å². The fraction of sp³-hybridized carbons (Fsp3) is 0.500. The van der Waals surface area contributed by atoms with Crippen LogP contribution >= 0.6 is 0 Å². The van der Waals surface area contributed by atoms with Crippen molar-refractivity contribution in [2.45, 2.75) is 46.1 Å². The lowest BCUT2D eigenvalue weighted by atomic mass is 10.0. The summed E-state index contributed by atoms with van der Waals surface area (Å²) < 4.78 is 1.83. The van der Waals surface area contributed by atoms with E-state index in [1.54, 1.807) is 6.07 Å². The summed E-state index contributed by atoms with van der Waals surface area (Å²) >= 11 is 0. The van der Waals surface area contributed by atoms with Crippen molar-refractivity contribution in [3.63, 3.8) is 0 Å². The third kappa shape index (κ3) is 1.64. The molecule has 0 aromatic carbocycles. The molecule has 0 N–H and O–H groups in total. The Morgan fingerprint density at radius 3 is 2.78 bits per heavy atom. The van der Waals surface area contributed by atoms with E-state index in [0.29, 0.717) is 0 Å². The Kier molecular flexibility index (Phi) is 2.47. The van der Waals surface area contributed by atoms with Gasteiger partial charge in [-0.05, 0) is 32.8 Å². The first kappa shape index (κ1) is 11.4. The van der Waals surface area contributed by atoms with Crippen molar-refractivity contribution in [3.05, 3.63) is 39.2 Å². The van der Waals surface area contributed by atoms with Gasteiger partial charge in [0.05, 0.1) is 6.04 Å². The molecule has 2 aliphatic heterocycles. The van der Waals surface area contributed by atoms with Gasteiger partial charge in [-0.25, -0.2) is 4.98 Å². The second-order valence-corrected chi connectivity index (χ2v) is 5.22. The van der Waals surface area contributed by atoms with E-state index >= 15 is 0 Å². The quantitative estimate of drug-likeness (QED) is 0.759. The van der Waals surface area contributed by atoms with Crippen molar-refractivity contribution in [2.75, 3.05) is 0 Å². The van der Waals surface area contributed by atoms with E-state index in [0.717, 1.165) is 42.2 Å². The number of aliphatic imine (C=N–C) groups is 1. The van der Waals surface area contributed by atoms with Gasteiger partial charge in [0.1, 0.15) is 5.82 Å². The summed E-state index contributed by atoms with van der Waals surface area (Å²) in [7, 11) is 0. The highest BCUT2D eigenvalue weighted by Crippen LogP contribution is 2.31. The molecule has 4 nitrogen and oxygen atoms in total. The summed E-state index contributed by atoms with van der Waals surface area (Å²) in [5.41, 5.74) is 4.41. The number of nitrogens with zero attached hydrogens (tertiary/aromatic N) is 3. The molecule has 0 amide bonds. The third-order valence-electron chi connectivity index (χ3n) is 3.87. The van der Waals surface area contributed by atoms with Gasteiger partial charge in [0.15, 0.2) is 0 Å². The van der Waals surface area contributed by atoms with E-state index < -0.39 is 0 Å². The van der Waals surface area contributed by atoms with Crippen LogP contribution in [0.5, 0.6) is 0 Å². The molecule has 18 heavy (non-hydrogen) atoms. The van der Waals surface area contributed by atoms with Gasteiger partial charge < -0.3 is 0 Å². The second kappa shape index (κ2) is 3.90. The van der Waals surface area contributed by atoms with Gasteiger partial charge in [-0.15, -0.1) is 0 Å². The minimum absolute atomic E-state index is 0.0601. The Balaban J connectivity index is 2.03. The Morgan fingerprint density at radius 1 is 1.33 bits per heavy atom. The van der Waals surface area contributed by atoms with Gasteiger partial charge in [-0.3, -0.25) is 14.4 Å². The molecule has 0 fully saturated rings. The fourth-order valence-electron chi connectivity index (χ4n) is 2.83. The number of aromatic nitrogens is 2. The zero-order valence-corrected chi connectivity index (χ0v) is 11.0. The van der Waals surface area contributed by atoms with E-state index in [4.69, 9.17) is 0 Å². The van der Waals surface area contributed by atoms with Gasteiger partial charge in [0.2, 0.25) is 0 Å². The SMILES string of the molecule is CC1=C(C)N=C(C2CCc3nc(C)cc(=O)n32)C1. The average Bonchev–Trinajstić information content (AvgIpc) is 2.83. The molecule has 3 rings (SSSR count). The monoisotopic (exact) mass is 243 g/mol. The summed E-state index contributed by atoms with van der Waals surface area (Å²) in [4.78, 5) is 21.2. The zero-order chi connectivity index (χ0) is 12.9. The minimum atomic E-state index is 0.0601. The van der Waals surface area contributed by atoms with Crippen LogP contribution in [0.3, 0.4) is 0 Å². The van der Waals surface area contributed by atoms with Crippen molar-refractivity contribution in [1.29, 1.82) is 0 Å². The zero-order valence-electron chi connectivity index (χ0n) is 11.0. The molecule has 1 aromatic heterocycles. The molecule has 1 aromatic rings. The lowest BCUT2D eigenvalue weighted by molar-refractivity contribution is 0.641. The summed E-state index contributed by atoms with van der Waals surface area (Å²) in [6, 6.07) is 1.73. The summed E-state index contributed by atoms with van der Waals surface area (Å²) in [6.45, 7) is 6.02. The lowest BCUT2D eigenvalue weighted by Crippen LogP contribution is -2.28. The van der Waals surface area contributed by atoms with Gasteiger partial charge in [0, 0.05) is 36.0 Å². The maximum atomic E-state index is 12.1. The predicted octanol–water partition coefficient (Wildman–Crippen LogP) is 2.18. The molecule has 0 bridgehead atoms. The maximum absolute atomic E-state index is 12.1. The molecule has 0 saturated carbocycles. The number of aryl methyl sites for hydroxylation is 2. The van der Waals surface area contributed by atoms with Crippen molar-refractivity contribution >= 4 is 5.71 Å². The van der Waals surface area contributed by atoms with E-state index in [-0.39, 0.29) is 11.6 Å². The smallest absolute Gasteiger partial charge is 0.254 e. The molecule has 0 aliphatic carbocycles. The van der Waals surface area contributed by atoms with Crippen LogP contribution in [-0.4, -0.2) is 15.3 Å². The van der Waals surface area contributed by atoms with Crippen LogP contribution < -0.4 is 5.56 Å². The minimum Gasteiger partial charge on any atom is -0.288 e. The lowest BCUT2D eigenvalue weighted by Gasteiger charge is -2.14. The van der Waals surface area contributed by atoms with Crippen LogP contribution in [0.1, 0.15) is 44.2 Å². The fourth-order valence-corrected chi connectivity index (χ4v) is 2.83. The highest BCUT2D eigenvalue weighted by atomic mass is 16.1. The van der Waals surface area contributed by atoms with Crippen LogP contribution in [0, 0.1) is 6.92 Å². The molecule has 4 heteroatoms. The first-order chi connectivity index (χ1) is 8.56.